The topological polar surface area (TPSA) is 36.1 Å². The molecule has 124 valence electrons. The molecule has 0 aliphatic carbocycles. The Morgan fingerprint density at radius 1 is 1.12 bits per heavy atom. The average Bonchev–Trinajstić information content (AvgIpc) is 2.98. The first-order chi connectivity index (χ1) is 11.6. The van der Waals surface area contributed by atoms with Crippen LogP contribution in [-0.2, 0) is 4.79 Å². The molecule has 0 spiro atoms. The largest absolute Gasteiger partial charge is 0.355 e. The van der Waals surface area contributed by atoms with Crippen LogP contribution in [0.15, 0.2) is 36.4 Å². The SMILES string of the molecule is C[C@H](C(=O)N1CCSCC1)c1ccc2c(c1)[nH]c1ccc(Cl)cc12. The Hall–Kier alpha value is -1.65. The van der Waals surface area contributed by atoms with Crippen molar-refractivity contribution in [2.24, 2.45) is 0 Å². The molecule has 2 aromatic carbocycles. The van der Waals surface area contributed by atoms with Crippen molar-refractivity contribution in [3.63, 3.8) is 0 Å². The van der Waals surface area contributed by atoms with Crippen LogP contribution >= 0.6 is 23.4 Å². The molecule has 24 heavy (non-hydrogen) atoms. The maximum atomic E-state index is 12.7. The highest BCUT2D eigenvalue weighted by Gasteiger charge is 2.23. The number of carbonyl (C=O) groups excluding carboxylic acids is 1. The number of aromatic nitrogens is 1. The van der Waals surface area contributed by atoms with E-state index in [9.17, 15) is 4.79 Å². The van der Waals surface area contributed by atoms with Gasteiger partial charge in [-0.3, -0.25) is 4.79 Å². The number of hydrogen-bond acceptors (Lipinski definition) is 2. The molecule has 1 fully saturated rings. The summed E-state index contributed by atoms with van der Waals surface area (Å²) < 4.78 is 0. The highest BCUT2D eigenvalue weighted by Crippen LogP contribution is 2.30. The first kappa shape index (κ1) is 15.9. The summed E-state index contributed by atoms with van der Waals surface area (Å²) in [5, 5.41) is 3.00. The molecular formula is C19H19ClN2OS. The summed E-state index contributed by atoms with van der Waals surface area (Å²) in [4.78, 5) is 18.2. The van der Waals surface area contributed by atoms with E-state index < -0.39 is 0 Å². The molecular weight excluding hydrogens is 340 g/mol. The number of carbonyl (C=O) groups is 1. The minimum absolute atomic E-state index is 0.118. The minimum atomic E-state index is -0.118. The highest BCUT2D eigenvalue weighted by atomic mass is 35.5. The maximum Gasteiger partial charge on any atom is 0.229 e. The molecule has 2 heterocycles. The molecule has 1 saturated heterocycles. The van der Waals surface area contributed by atoms with E-state index in [4.69, 9.17) is 11.6 Å². The number of nitrogens with one attached hydrogen (secondary N) is 1. The number of thioether (sulfide) groups is 1. The first-order valence-electron chi connectivity index (χ1n) is 8.21. The zero-order chi connectivity index (χ0) is 16.7. The van der Waals surface area contributed by atoms with Gasteiger partial charge in [0.1, 0.15) is 0 Å². The molecule has 1 amide bonds. The summed E-state index contributed by atoms with van der Waals surface area (Å²) in [6.45, 7) is 3.73. The van der Waals surface area contributed by atoms with Gasteiger partial charge in [0.2, 0.25) is 5.91 Å². The van der Waals surface area contributed by atoms with Crippen molar-refractivity contribution in [1.29, 1.82) is 0 Å². The van der Waals surface area contributed by atoms with E-state index in [2.05, 4.69) is 23.2 Å². The molecule has 1 atom stereocenters. The Bertz CT molecular complexity index is 914. The van der Waals surface area contributed by atoms with Crippen LogP contribution in [0.5, 0.6) is 0 Å². The fourth-order valence-electron chi connectivity index (χ4n) is 3.36. The minimum Gasteiger partial charge on any atom is -0.355 e. The van der Waals surface area contributed by atoms with Gasteiger partial charge in [0.05, 0.1) is 5.92 Å². The van der Waals surface area contributed by atoms with Crippen molar-refractivity contribution >= 4 is 51.1 Å². The summed E-state index contributed by atoms with van der Waals surface area (Å²) in [7, 11) is 0. The van der Waals surface area contributed by atoms with Gasteiger partial charge in [0.25, 0.3) is 0 Å². The van der Waals surface area contributed by atoms with Gasteiger partial charge < -0.3 is 9.88 Å². The maximum absolute atomic E-state index is 12.7. The fraction of sp³-hybridized carbons (Fsp3) is 0.316. The molecule has 0 bridgehead atoms. The van der Waals surface area contributed by atoms with Gasteiger partial charge in [-0.15, -0.1) is 0 Å². The number of halogens is 1. The van der Waals surface area contributed by atoms with E-state index in [0.717, 1.165) is 57.0 Å². The van der Waals surface area contributed by atoms with E-state index in [1.165, 1.54) is 0 Å². The van der Waals surface area contributed by atoms with Crippen molar-refractivity contribution in [2.45, 2.75) is 12.8 Å². The van der Waals surface area contributed by atoms with E-state index in [-0.39, 0.29) is 11.8 Å². The summed E-state index contributed by atoms with van der Waals surface area (Å²) in [5.74, 6) is 2.20. The van der Waals surface area contributed by atoms with Gasteiger partial charge in [-0.05, 0) is 36.8 Å². The lowest BCUT2D eigenvalue weighted by Crippen LogP contribution is -2.40. The predicted molar refractivity (Wildman–Crippen MR) is 103 cm³/mol. The molecule has 3 nitrogen and oxygen atoms in total. The van der Waals surface area contributed by atoms with Crippen LogP contribution in [0.2, 0.25) is 5.02 Å². The van der Waals surface area contributed by atoms with E-state index in [1.54, 1.807) is 0 Å². The van der Waals surface area contributed by atoms with Gasteiger partial charge in [0.15, 0.2) is 0 Å². The van der Waals surface area contributed by atoms with Gasteiger partial charge in [-0.25, -0.2) is 0 Å². The Morgan fingerprint density at radius 3 is 2.71 bits per heavy atom. The standard InChI is InChI=1S/C19H19ClN2OS/c1-12(19(23)22-6-8-24-9-7-22)13-2-4-15-16-11-14(20)3-5-17(16)21-18(15)10-13/h2-5,10-12,21H,6-9H2,1H3/t12-/m0/s1. The molecule has 4 rings (SSSR count). The van der Waals surface area contributed by atoms with Gasteiger partial charge in [-0.1, -0.05) is 23.7 Å². The molecule has 5 heteroatoms. The molecule has 0 radical (unpaired) electrons. The second-order valence-corrected chi connectivity index (χ2v) is 7.94. The van der Waals surface area contributed by atoms with Gasteiger partial charge in [-0.2, -0.15) is 11.8 Å². The van der Waals surface area contributed by atoms with Crippen molar-refractivity contribution in [3.05, 3.63) is 47.0 Å². The Morgan fingerprint density at radius 2 is 1.92 bits per heavy atom. The third kappa shape index (κ3) is 2.78. The van der Waals surface area contributed by atoms with E-state index >= 15 is 0 Å². The van der Waals surface area contributed by atoms with Gasteiger partial charge >= 0.3 is 0 Å². The lowest BCUT2D eigenvalue weighted by Gasteiger charge is -2.29. The zero-order valence-corrected chi connectivity index (χ0v) is 15.1. The quantitative estimate of drug-likeness (QED) is 0.723. The lowest BCUT2D eigenvalue weighted by atomic mass is 9.98. The Balaban J connectivity index is 1.69. The van der Waals surface area contributed by atoms with Crippen LogP contribution in [0.3, 0.4) is 0 Å². The number of rotatable bonds is 2. The van der Waals surface area contributed by atoms with Crippen LogP contribution in [0.4, 0.5) is 0 Å². The zero-order valence-electron chi connectivity index (χ0n) is 13.5. The average molecular weight is 359 g/mol. The van der Waals surface area contributed by atoms with Crippen molar-refractivity contribution in [3.8, 4) is 0 Å². The van der Waals surface area contributed by atoms with Crippen LogP contribution in [-0.4, -0.2) is 40.4 Å². The number of benzene rings is 2. The number of fused-ring (bicyclic) bond motifs is 3. The van der Waals surface area contributed by atoms with E-state index in [1.807, 2.05) is 41.8 Å². The fourth-order valence-corrected chi connectivity index (χ4v) is 4.44. The Kier molecular flexibility index (Phi) is 4.19. The number of amides is 1. The Labute approximate surface area is 150 Å². The highest BCUT2D eigenvalue weighted by molar-refractivity contribution is 7.99. The second kappa shape index (κ2) is 6.34. The van der Waals surface area contributed by atoms with Crippen LogP contribution in [0, 0.1) is 0 Å². The second-order valence-electron chi connectivity index (χ2n) is 6.28. The third-order valence-electron chi connectivity index (χ3n) is 4.78. The normalized spacial score (nSPS) is 16.7. The number of hydrogen-bond donors (Lipinski definition) is 1. The first-order valence-corrected chi connectivity index (χ1v) is 9.74. The van der Waals surface area contributed by atoms with Crippen LogP contribution in [0.1, 0.15) is 18.4 Å². The molecule has 3 aromatic rings. The molecule has 1 aliphatic rings. The van der Waals surface area contributed by atoms with Crippen LogP contribution in [0.25, 0.3) is 21.8 Å². The van der Waals surface area contributed by atoms with Crippen LogP contribution < -0.4 is 0 Å². The molecule has 1 aromatic heterocycles. The number of nitrogens with zero attached hydrogens (tertiary/aromatic N) is 1. The smallest absolute Gasteiger partial charge is 0.229 e. The predicted octanol–water partition coefficient (Wildman–Crippen LogP) is 4.65. The van der Waals surface area contributed by atoms with Crippen molar-refractivity contribution in [1.82, 2.24) is 9.88 Å². The van der Waals surface area contributed by atoms with Gasteiger partial charge in [0, 0.05) is 51.4 Å². The van der Waals surface area contributed by atoms with Crippen molar-refractivity contribution < 1.29 is 4.79 Å². The molecule has 1 N–H and O–H groups in total. The number of H-pyrrole nitrogens is 1. The number of aromatic amines is 1. The summed E-state index contributed by atoms with van der Waals surface area (Å²) in [5.41, 5.74) is 3.18. The monoisotopic (exact) mass is 358 g/mol. The van der Waals surface area contributed by atoms with Crippen molar-refractivity contribution in [2.75, 3.05) is 24.6 Å². The molecule has 0 saturated carbocycles. The molecule has 1 aliphatic heterocycles. The third-order valence-corrected chi connectivity index (χ3v) is 5.96. The molecule has 0 unspecified atom stereocenters. The summed E-state index contributed by atoms with van der Waals surface area (Å²) >= 11 is 8.04. The lowest BCUT2D eigenvalue weighted by molar-refractivity contribution is -0.132. The van der Waals surface area contributed by atoms with E-state index in [0.29, 0.717) is 0 Å². The summed E-state index contributed by atoms with van der Waals surface area (Å²) in [6, 6.07) is 12.1. The summed E-state index contributed by atoms with van der Waals surface area (Å²) in [6.07, 6.45) is 0.